The van der Waals surface area contributed by atoms with Gasteiger partial charge in [0.1, 0.15) is 5.82 Å². The number of nitrogens with two attached hydrogens (primary N) is 1. The summed E-state index contributed by atoms with van der Waals surface area (Å²) in [5.41, 5.74) is 5.71. The molecule has 1 aromatic heterocycles. The normalized spacial score (nSPS) is 12.9. The van der Waals surface area contributed by atoms with Crippen LogP contribution in [-0.4, -0.2) is 27.6 Å². The van der Waals surface area contributed by atoms with Crippen LogP contribution in [0.15, 0.2) is 17.4 Å². The van der Waals surface area contributed by atoms with E-state index in [1.54, 1.807) is 6.20 Å². The summed E-state index contributed by atoms with van der Waals surface area (Å²) < 4.78 is 2.05. The number of imidazole rings is 1. The van der Waals surface area contributed by atoms with Crippen molar-refractivity contribution in [3.05, 3.63) is 18.2 Å². The number of hydrogen-bond acceptors (Lipinski definition) is 2. The highest BCUT2D eigenvalue weighted by molar-refractivity contribution is 5.78. The standard InChI is InChI=1S/C11H21N5/c1-9-13-5-7-16(9)8-6-14-10(12)15-11(2,3)4/h5,7H,6,8H2,1-4H3,(H3,12,14,15). The number of nitrogens with zero attached hydrogens (tertiary/aromatic N) is 3. The van der Waals surface area contributed by atoms with Crippen LogP contribution in [0.5, 0.6) is 0 Å². The highest BCUT2D eigenvalue weighted by atomic mass is 15.1. The molecule has 1 heterocycles. The van der Waals surface area contributed by atoms with Gasteiger partial charge in [-0.15, -0.1) is 0 Å². The maximum Gasteiger partial charge on any atom is 0.189 e. The summed E-state index contributed by atoms with van der Waals surface area (Å²) in [6.45, 7) is 9.59. The summed E-state index contributed by atoms with van der Waals surface area (Å²) in [6, 6.07) is 0. The molecule has 5 nitrogen and oxygen atoms in total. The maximum absolute atomic E-state index is 5.75. The number of aromatic nitrogens is 2. The topological polar surface area (TPSA) is 68.2 Å². The molecule has 16 heavy (non-hydrogen) atoms. The fourth-order valence-corrected chi connectivity index (χ4v) is 1.34. The fourth-order valence-electron chi connectivity index (χ4n) is 1.34. The lowest BCUT2D eigenvalue weighted by atomic mass is 10.1. The zero-order chi connectivity index (χ0) is 12.2. The Bertz CT molecular complexity index is 359. The van der Waals surface area contributed by atoms with Gasteiger partial charge in [-0.2, -0.15) is 0 Å². The van der Waals surface area contributed by atoms with E-state index in [4.69, 9.17) is 5.73 Å². The molecular weight excluding hydrogens is 202 g/mol. The van der Waals surface area contributed by atoms with Crippen LogP contribution in [0.4, 0.5) is 0 Å². The molecule has 0 radical (unpaired) electrons. The Hall–Kier alpha value is -1.52. The molecule has 0 unspecified atom stereocenters. The van der Waals surface area contributed by atoms with Crippen LogP contribution < -0.4 is 11.1 Å². The van der Waals surface area contributed by atoms with Crippen molar-refractivity contribution in [3.63, 3.8) is 0 Å². The van der Waals surface area contributed by atoms with E-state index >= 15 is 0 Å². The molecule has 0 aliphatic heterocycles. The molecule has 0 saturated heterocycles. The predicted molar refractivity (Wildman–Crippen MR) is 66.3 cm³/mol. The van der Waals surface area contributed by atoms with Crippen molar-refractivity contribution in [2.75, 3.05) is 6.54 Å². The molecule has 90 valence electrons. The van der Waals surface area contributed by atoms with Gasteiger partial charge in [-0.1, -0.05) is 0 Å². The molecule has 0 aliphatic rings. The van der Waals surface area contributed by atoms with E-state index in [-0.39, 0.29) is 5.54 Å². The third-order valence-corrected chi connectivity index (χ3v) is 2.05. The number of nitrogens with one attached hydrogen (secondary N) is 1. The Balaban J connectivity index is 2.40. The van der Waals surface area contributed by atoms with E-state index < -0.39 is 0 Å². The van der Waals surface area contributed by atoms with Gasteiger partial charge >= 0.3 is 0 Å². The Kier molecular flexibility index (Phi) is 3.93. The molecular formula is C11H21N5. The molecule has 1 aromatic rings. The lowest BCUT2D eigenvalue weighted by molar-refractivity contribution is 0.507. The number of guanidine groups is 1. The van der Waals surface area contributed by atoms with Crippen LogP contribution in [-0.2, 0) is 6.54 Å². The lowest BCUT2D eigenvalue weighted by Crippen LogP contribution is -2.45. The van der Waals surface area contributed by atoms with Gasteiger partial charge in [0.05, 0.1) is 6.54 Å². The average molecular weight is 223 g/mol. The first kappa shape index (κ1) is 12.5. The summed E-state index contributed by atoms with van der Waals surface area (Å²) in [7, 11) is 0. The maximum atomic E-state index is 5.75. The van der Waals surface area contributed by atoms with Crippen molar-refractivity contribution in [2.24, 2.45) is 10.7 Å². The molecule has 0 amide bonds. The predicted octanol–water partition coefficient (Wildman–Crippen LogP) is 0.894. The van der Waals surface area contributed by atoms with Crippen LogP contribution in [0.25, 0.3) is 0 Å². The van der Waals surface area contributed by atoms with Crippen molar-refractivity contribution in [2.45, 2.75) is 39.8 Å². The van der Waals surface area contributed by atoms with Crippen LogP contribution in [0.1, 0.15) is 26.6 Å². The first-order chi connectivity index (χ1) is 7.38. The molecule has 0 atom stereocenters. The smallest absolute Gasteiger partial charge is 0.189 e. The Labute approximate surface area is 96.8 Å². The third kappa shape index (κ3) is 4.33. The Morgan fingerprint density at radius 3 is 2.75 bits per heavy atom. The van der Waals surface area contributed by atoms with E-state index in [0.717, 1.165) is 12.4 Å². The fraction of sp³-hybridized carbons (Fsp3) is 0.636. The minimum Gasteiger partial charge on any atom is -0.370 e. The third-order valence-electron chi connectivity index (χ3n) is 2.05. The molecule has 0 bridgehead atoms. The van der Waals surface area contributed by atoms with Gasteiger partial charge in [0.15, 0.2) is 5.96 Å². The van der Waals surface area contributed by atoms with Crippen LogP contribution >= 0.6 is 0 Å². The Morgan fingerprint density at radius 1 is 1.56 bits per heavy atom. The van der Waals surface area contributed by atoms with Crippen molar-refractivity contribution in [3.8, 4) is 0 Å². The molecule has 0 saturated carbocycles. The van der Waals surface area contributed by atoms with Gasteiger partial charge in [0.2, 0.25) is 0 Å². The summed E-state index contributed by atoms with van der Waals surface area (Å²) in [4.78, 5) is 8.40. The van der Waals surface area contributed by atoms with Gasteiger partial charge in [-0.3, -0.25) is 4.99 Å². The molecule has 0 aliphatic carbocycles. The molecule has 0 aromatic carbocycles. The van der Waals surface area contributed by atoms with E-state index in [1.807, 2.05) is 17.7 Å². The second-order valence-electron chi connectivity index (χ2n) is 4.81. The van der Waals surface area contributed by atoms with Crippen LogP contribution in [0, 0.1) is 6.92 Å². The lowest BCUT2D eigenvalue weighted by Gasteiger charge is -2.21. The average Bonchev–Trinajstić information content (AvgIpc) is 2.48. The van der Waals surface area contributed by atoms with Crippen LogP contribution in [0.3, 0.4) is 0 Å². The molecule has 1 rings (SSSR count). The van der Waals surface area contributed by atoms with Crippen molar-refractivity contribution < 1.29 is 0 Å². The SMILES string of the molecule is Cc1nccn1CCN=C(N)NC(C)(C)C. The number of aryl methyl sites for hydroxylation is 1. The van der Waals surface area contributed by atoms with Crippen LogP contribution in [0.2, 0.25) is 0 Å². The van der Waals surface area contributed by atoms with E-state index in [2.05, 4.69) is 36.1 Å². The van der Waals surface area contributed by atoms with Gasteiger partial charge in [0.25, 0.3) is 0 Å². The monoisotopic (exact) mass is 223 g/mol. The van der Waals surface area contributed by atoms with E-state index in [1.165, 1.54) is 0 Å². The zero-order valence-electron chi connectivity index (χ0n) is 10.5. The van der Waals surface area contributed by atoms with Crippen molar-refractivity contribution >= 4 is 5.96 Å². The summed E-state index contributed by atoms with van der Waals surface area (Å²) in [5, 5.41) is 3.12. The van der Waals surface area contributed by atoms with Gasteiger partial charge in [-0.25, -0.2) is 4.98 Å². The first-order valence-corrected chi connectivity index (χ1v) is 5.44. The second-order valence-corrected chi connectivity index (χ2v) is 4.81. The first-order valence-electron chi connectivity index (χ1n) is 5.44. The van der Waals surface area contributed by atoms with E-state index in [0.29, 0.717) is 12.5 Å². The quantitative estimate of drug-likeness (QED) is 0.591. The number of rotatable bonds is 3. The summed E-state index contributed by atoms with van der Waals surface area (Å²) in [6.07, 6.45) is 3.73. The minimum absolute atomic E-state index is 0.0431. The molecule has 3 N–H and O–H groups in total. The van der Waals surface area contributed by atoms with Gasteiger partial charge in [-0.05, 0) is 27.7 Å². The molecule has 5 heteroatoms. The van der Waals surface area contributed by atoms with Crippen molar-refractivity contribution in [1.29, 1.82) is 0 Å². The number of aliphatic imine (C=N–C) groups is 1. The Morgan fingerprint density at radius 2 is 2.25 bits per heavy atom. The highest BCUT2D eigenvalue weighted by Gasteiger charge is 2.09. The number of hydrogen-bond donors (Lipinski definition) is 2. The van der Waals surface area contributed by atoms with Gasteiger partial charge < -0.3 is 15.6 Å². The largest absolute Gasteiger partial charge is 0.370 e. The van der Waals surface area contributed by atoms with E-state index in [9.17, 15) is 0 Å². The van der Waals surface area contributed by atoms with Crippen molar-refractivity contribution in [1.82, 2.24) is 14.9 Å². The zero-order valence-corrected chi connectivity index (χ0v) is 10.5. The second kappa shape index (κ2) is 5.01. The molecule has 0 fully saturated rings. The molecule has 0 spiro atoms. The highest BCUT2D eigenvalue weighted by Crippen LogP contribution is 1.97. The van der Waals surface area contributed by atoms with Gasteiger partial charge in [0, 0.05) is 24.5 Å². The minimum atomic E-state index is -0.0431. The summed E-state index contributed by atoms with van der Waals surface area (Å²) in [5.74, 6) is 1.49. The summed E-state index contributed by atoms with van der Waals surface area (Å²) >= 11 is 0.